The maximum absolute atomic E-state index is 12.1. The van der Waals surface area contributed by atoms with Gasteiger partial charge in [0.2, 0.25) is 11.8 Å². The Kier molecular flexibility index (Phi) is 4.13. The molecule has 3 N–H and O–H groups in total. The van der Waals surface area contributed by atoms with Gasteiger partial charge in [-0.05, 0) is 52.0 Å². The van der Waals surface area contributed by atoms with Gasteiger partial charge in [0, 0.05) is 5.54 Å². The van der Waals surface area contributed by atoms with Crippen LogP contribution < -0.4 is 16.0 Å². The first-order valence-corrected chi connectivity index (χ1v) is 7.19. The molecule has 1 heterocycles. The average Bonchev–Trinajstić information content (AvgIpc) is 2.84. The Bertz CT molecular complexity index is 362. The fraction of sp³-hybridized carbons (Fsp3) is 0.857. The molecule has 0 aromatic carbocycles. The average molecular weight is 267 g/mol. The van der Waals surface area contributed by atoms with Gasteiger partial charge in [0.1, 0.15) is 0 Å². The molecule has 0 radical (unpaired) electrons. The van der Waals surface area contributed by atoms with Crippen molar-refractivity contribution in [2.24, 2.45) is 11.8 Å². The predicted octanol–water partition coefficient (Wildman–Crippen LogP) is 0.405. The Morgan fingerprint density at radius 3 is 2.68 bits per heavy atom. The Morgan fingerprint density at radius 1 is 1.26 bits per heavy atom. The number of carbonyl (C=O) groups is 2. The zero-order valence-corrected chi connectivity index (χ0v) is 12.1. The largest absolute Gasteiger partial charge is 0.350 e. The molecule has 19 heavy (non-hydrogen) atoms. The molecule has 2 amide bonds. The van der Waals surface area contributed by atoms with E-state index < -0.39 is 0 Å². The van der Waals surface area contributed by atoms with Crippen molar-refractivity contribution in [1.29, 1.82) is 0 Å². The zero-order chi connectivity index (χ0) is 14.0. The number of carbonyl (C=O) groups excluding carboxylic acids is 2. The summed E-state index contributed by atoms with van der Waals surface area (Å²) in [4.78, 5) is 23.8. The first kappa shape index (κ1) is 14.3. The third-order valence-corrected chi connectivity index (χ3v) is 3.97. The lowest BCUT2D eigenvalue weighted by molar-refractivity contribution is -0.128. The Balaban J connectivity index is 1.77. The van der Waals surface area contributed by atoms with Gasteiger partial charge in [-0.15, -0.1) is 0 Å². The van der Waals surface area contributed by atoms with Gasteiger partial charge in [-0.25, -0.2) is 0 Å². The van der Waals surface area contributed by atoms with Crippen LogP contribution in [0.2, 0.25) is 0 Å². The number of rotatable bonds is 3. The maximum Gasteiger partial charge on any atom is 0.239 e. The highest BCUT2D eigenvalue weighted by Gasteiger charge is 2.42. The molecule has 2 fully saturated rings. The van der Waals surface area contributed by atoms with Crippen molar-refractivity contribution in [3.8, 4) is 0 Å². The van der Waals surface area contributed by atoms with Crippen molar-refractivity contribution in [2.45, 2.75) is 51.6 Å². The van der Waals surface area contributed by atoms with E-state index in [4.69, 9.17) is 0 Å². The first-order valence-electron chi connectivity index (χ1n) is 7.19. The van der Waals surface area contributed by atoms with E-state index in [9.17, 15) is 9.59 Å². The number of fused-ring (bicyclic) bond motifs is 1. The Labute approximate surface area is 114 Å². The lowest BCUT2D eigenvalue weighted by atomic mass is 9.94. The minimum atomic E-state index is -0.260. The molecule has 2 aliphatic rings. The van der Waals surface area contributed by atoms with Crippen LogP contribution in [0.3, 0.4) is 0 Å². The highest BCUT2D eigenvalue weighted by atomic mass is 16.2. The fourth-order valence-electron chi connectivity index (χ4n) is 3.21. The molecular weight excluding hydrogens is 242 g/mol. The van der Waals surface area contributed by atoms with Crippen LogP contribution >= 0.6 is 0 Å². The summed E-state index contributed by atoms with van der Waals surface area (Å²) in [5.41, 5.74) is -0.260. The van der Waals surface area contributed by atoms with E-state index >= 15 is 0 Å². The first-order chi connectivity index (χ1) is 8.87. The number of amides is 2. The number of nitrogens with one attached hydrogen (secondary N) is 3. The van der Waals surface area contributed by atoms with Gasteiger partial charge in [0.25, 0.3) is 0 Å². The highest BCUT2D eigenvalue weighted by Crippen LogP contribution is 2.37. The van der Waals surface area contributed by atoms with Gasteiger partial charge in [0.15, 0.2) is 0 Å². The van der Waals surface area contributed by atoms with E-state index in [1.54, 1.807) is 0 Å². The van der Waals surface area contributed by atoms with Crippen LogP contribution in [0.1, 0.15) is 40.0 Å². The van der Waals surface area contributed by atoms with Gasteiger partial charge in [-0.1, -0.05) is 6.42 Å². The summed E-state index contributed by atoms with van der Waals surface area (Å²) in [5.74, 6) is 0.949. The third kappa shape index (κ3) is 3.69. The van der Waals surface area contributed by atoms with Crippen LogP contribution in [0.4, 0.5) is 0 Å². The lowest BCUT2D eigenvalue weighted by Crippen LogP contribution is -2.49. The molecule has 0 spiro atoms. The Hall–Kier alpha value is -1.10. The quantitative estimate of drug-likeness (QED) is 0.693. The van der Waals surface area contributed by atoms with Crippen LogP contribution in [-0.4, -0.2) is 36.5 Å². The summed E-state index contributed by atoms with van der Waals surface area (Å²) in [6, 6.07) is -0.102. The van der Waals surface area contributed by atoms with E-state index in [0.717, 1.165) is 13.0 Å². The summed E-state index contributed by atoms with van der Waals surface area (Å²) in [6.45, 7) is 6.78. The standard InChI is InChI=1S/C14H25N3O2/c1-14(2,3)17-11(18)8-16-13(19)12-10-6-4-5-9(10)7-15-12/h9-10,12,15H,4-8H2,1-3H3,(H,16,19)(H,17,18). The van der Waals surface area contributed by atoms with Gasteiger partial charge in [-0.3, -0.25) is 9.59 Å². The normalized spacial score (nSPS) is 29.9. The van der Waals surface area contributed by atoms with Crippen LogP contribution in [0, 0.1) is 11.8 Å². The third-order valence-electron chi connectivity index (χ3n) is 3.97. The number of hydrogen-bond acceptors (Lipinski definition) is 3. The zero-order valence-electron chi connectivity index (χ0n) is 12.1. The van der Waals surface area contributed by atoms with Crippen molar-refractivity contribution in [2.75, 3.05) is 13.1 Å². The van der Waals surface area contributed by atoms with E-state index in [1.807, 2.05) is 20.8 Å². The summed E-state index contributed by atoms with van der Waals surface area (Å²) < 4.78 is 0. The Morgan fingerprint density at radius 2 is 2.00 bits per heavy atom. The molecule has 0 aromatic heterocycles. The molecule has 1 aliphatic carbocycles. The summed E-state index contributed by atoms with van der Waals surface area (Å²) in [6.07, 6.45) is 3.58. The second kappa shape index (κ2) is 5.49. The summed E-state index contributed by atoms with van der Waals surface area (Å²) in [7, 11) is 0. The molecule has 5 heteroatoms. The van der Waals surface area contributed by atoms with Crippen LogP contribution in [-0.2, 0) is 9.59 Å². The molecule has 0 aromatic rings. The molecule has 108 valence electrons. The number of hydrogen-bond donors (Lipinski definition) is 3. The smallest absolute Gasteiger partial charge is 0.239 e. The van der Waals surface area contributed by atoms with Crippen molar-refractivity contribution < 1.29 is 9.59 Å². The molecule has 3 atom stereocenters. The van der Waals surface area contributed by atoms with Gasteiger partial charge in [-0.2, -0.15) is 0 Å². The monoisotopic (exact) mass is 267 g/mol. The topological polar surface area (TPSA) is 70.2 Å². The predicted molar refractivity (Wildman–Crippen MR) is 73.5 cm³/mol. The van der Waals surface area contributed by atoms with Gasteiger partial charge >= 0.3 is 0 Å². The summed E-state index contributed by atoms with van der Waals surface area (Å²) >= 11 is 0. The van der Waals surface area contributed by atoms with Crippen molar-refractivity contribution in [1.82, 2.24) is 16.0 Å². The molecule has 1 saturated heterocycles. The van der Waals surface area contributed by atoms with E-state index in [2.05, 4.69) is 16.0 Å². The molecular formula is C14H25N3O2. The maximum atomic E-state index is 12.1. The second-order valence-electron chi connectivity index (χ2n) is 6.76. The molecule has 2 rings (SSSR count). The molecule has 5 nitrogen and oxygen atoms in total. The molecule has 0 bridgehead atoms. The molecule has 1 aliphatic heterocycles. The highest BCUT2D eigenvalue weighted by molar-refractivity contribution is 5.88. The minimum absolute atomic E-state index is 0.0292. The van der Waals surface area contributed by atoms with E-state index in [-0.39, 0.29) is 29.9 Å². The van der Waals surface area contributed by atoms with E-state index in [0.29, 0.717) is 11.8 Å². The molecule has 3 unspecified atom stereocenters. The van der Waals surface area contributed by atoms with Gasteiger partial charge < -0.3 is 16.0 Å². The second-order valence-corrected chi connectivity index (χ2v) is 6.76. The van der Waals surface area contributed by atoms with Crippen LogP contribution in [0.25, 0.3) is 0 Å². The molecule has 1 saturated carbocycles. The van der Waals surface area contributed by atoms with Gasteiger partial charge in [0.05, 0.1) is 12.6 Å². The van der Waals surface area contributed by atoms with Crippen LogP contribution in [0.15, 0.2) is 0 Å². The van der Waals surface area contributed by atoms with Crippen molar-refractivity contribution in [3.05, 3.63) is 0 Å². The van der Waals surface area contributed by atoms with Crippen molar-refractivity contribution in [3.63, 3.8) is 0 Å². The minimum Gasteiger partial charge on any atom is -0.350 e. The van der Waals surface area contributed by atoms with E-state index in [1.165, 1.54) is 12.8 Å². The van der Waals surface area contributed by atoms with Crippen LogP contribution in [0.5, 0.6) is 0 Å². The fourth-order valence-corrected chi connectivity index (χ4v) is 3.21. The van der Waals surface area contributed by atoms with Crippen molar-refractivity contribution >= 4 is 11.8 Å². The SMILES string of the molecule is CC(C)(C)NC(=O)CNC(=O)C1NCC2CCCC21. The summed E-state index contributed by atoms with van der Waals surface area (Å²) in [5, 5.41) is 8.87. The lowest BCUT2D eigenvalue weighted by Gasteiger charge is -2.21.